The van der Waals surface area contributed by atoms with Crippen LogP contribution in [0.4, 0.5) is 5.82 Å². The summed E-state index contributed by atoms with van der Waals surface area (Å²) in [5.74, 6) is 2.42. The highest BCUT2D eigenvalue weighted by molar-refractivity contribution is 5.88. The van der Waals surface area contributed by atoms with Crippen LogP contribution < -0.4 is 4.90 Å². The molecule has 1 fully saturated rings. The molecule has 2 aromatic heterocycles. The Labute approximate surface area is 195 Å². The van der Waals surface area contributed by atoms with Crippen LogP contribution in [-0.2, 0) is 13.0 Å². The summed E-state index contributed by atoms with van der Waals surface area (Å²) in [6, 6.07) is 21.0. The van der Waals surface area contributed by atoms with Crippen LogP contribution in [0.25, 0.3) is 16.7 Å². The maximum absolute atomic E-state index is 5.07. The van der Waals surface area contributed by atoms with E-state index < -0.39 is 0 Å². The van der Waals surface area contributed by atoms with E-state index in [0.717, 1.165) is 73.9 Å². The van der Waals surface area contributed by atoms with Crippen LogP contribution in [0, 0.1) is 5.92 Å². The zero-order chi connectivity index (χ0) is 22.6. The summed E-state index contributed by atoms with van der Waals surface area (Å²) < 4.78 is 1.95. The molecule has 0 radical (unpaired) electrons. The van der Waals surface area contributed by atoms with E-state index in [9.17, 15) is 0 Å². The van der Waals surface area contributed by atoms with Crippen molar-refractivity contribution in [3.05, 3.63) is 78.2 Å². The van der Waals surface area contributed by atoms with Crippen molar-refractivity contribution >= 4 is 16.9 Å². The van der Waals surface area contributed by atoms with Gasteiger partial charge in [0.25, 0.3) is 0 Å². The number of aromatic nitrogens is 4. The van der Waals surface area contributed by atoms with Crippen molar-refractivity contribution in [2.45, 2.75) is 33.2 Å². The van der Waals surface area contributed by atoms with Gasteiger partial charge in [0.15, 0.2) is 5.65 Å². The summed E-state index contributed by atoms with van der Waals surface area (Å²) in [7, 11) is 0. The topological polar surface area (TPSA) is 50.1 Å². The third-order valence-electron chi connectivity index (χ3n) is 6.18. The van der Waals surface area contributed by atoms with Crippen LogP contribution >= 0.6 is 0 Å². The Kier molecular flexibility index (Phi) is 6.35. The smallest absolute Gasteiger partial charge is 0.168 e. The normalized spacial score (nSPS) is 15.3. The number of hydrogen-bond acceptors (Lipinski definition) is 5. The summed E-state index contributed by atoms with van der Waals surface area (Å²) in [6.07, 6.45) is 3.91. The van der Waals surface area contributed by atoms with Gasteiger partial charge in [0.1, 0.15) is 11.6 Å². The Balaban J connectivity index is 1.46. The lowest BCUT2D eigenvalue weighted by Crippen LogP contribution is -2.31. The van der Waals surface area contributed by atoms with E-state index in [1.807, 2.05) is 29.1 Å². The molecule has 0 unspecified atom stereocenters. The van der Waals surface area contributed by atoms with Crippen molar-refractivity contribution in [3.8, 4) is 5.69 Å². The Morgan fingerprint density at radius 3 is 2.36 bits per heavy atom. The molecule has 170 valence electrons. The van der Waals surface area contributed by atoms with Crippen LogP contribution in [0.2, 0.25) is 0 Å². The molecular formula is C27H32N6. The molecule has 5 rings (SSSR count). The highest BCUT2D eigenvalue weighted by atomic mass is 15.3. The number of benzene rings is 2. The van der Waals surface area contributed by atoms with E-state index in [0.29, 0.717) is 5.92 Å². The predicted octanol–water partition coefficient (Wildman–Crippen LogP) is 4.73. The number of hydrogen-bond donors (Lipinski definition) is 0. The van der Waals surface area contributed by atoms with Gasteiger partial charge in [-0.3, -0.25) is 4.90 Å². The standard InChI is InChI=1S/C27H32N6/c1-21(2)18-25-29-26(24-19-28-33(27(24)30-25)23-12-7-4-8-13-23)32-15-9-14-31(16-17-32)20-22-10-5-3-6-11-22/h3-8,10-13,19,21H,9,14-18,20H2,1-2H3. The van der Waals surface area contributed by atoms with Gasteiger partial charge in [0.05, 0.1) is 17.3 Å². The fraction of sp³-hybridized carbons (Fsp3) is 0.370. The number of rotatable bonds is 6. The molecule has 33 heavy (non-hydrogen) atoms. The SMILES string of the molecule is CC(C)Cc1nc(N2CCCN(Cc3ccccc3)CC2)c2cnn(-c3ccccc3)c2n1. The minimum atomic E-state index is 0.494. The van der Waals surface area contributed by atoms with Gasteiger partial charge in [0, 0.05) is 39.1 Å². The summed E-state index contributed by atoms with van der Waals surface area (Å²) in [5, 5.41) is 5.74. The average Bonchev–Trinajstić information content (AvgIpc) is 3.11. The second-order valence-electron chi connectivity index (χ2n) is 9.29. The summed E-state index contributed by atoms with van der Waals surface area (Å²) in [4.78, 5) is 15.0. The maximum Gasteiger partial charge on any atom is 0.168 e. The van der Waals surface area contributed by atoms with Crippen molar-refractivity contribution in [1.29, 1.82) is 0 Å². The minimum absolute atomic E-state index is 0.494. The Morgan fingerprint density at radius 2 is 1.61 bits per heavy atom. The van der Waals surface area contributed by atoms with Gasteiger partial charge in [-0.25, -0.2) is 14.6 Å². The zero-order valence-corrected chi connectivity index (χ0v) is 19.6. The molecule has 6 nitrogen and oxygen atoms in total. The second kappa shape index (κ2) is 9.71. The summed E-state index contributed by atoms with van der Waals surface area (Å²) in [6.45, 7) is 9.50. The third-order valence-corrected chi connectivity index (χ3v) is 6.18. The van der Waals surface area contributed by atoms with E-state index in [1.54, 1.807) is 0 Å². The fourth-order valence-corrected chi connectivity index (χ4v) is 4.58. The maximum atomic E-state index is 5.07. The second-order valence-corrected chi connectivity index (χ2v) is 9.29. The number of para-hydroxylation sites is 1. The molecular weight excluding hydrogens is 408 g/mol. The fourth-order valence-electron chi connectivity index (χ4n) is 4.58. The van der Waals surface area contributed by atoms with Gasteiger partial charge in [0.2, 0.25) is 0 Å². The first kappa shape index (κ1) is 21.6. The lowest BCUT2D eigenvalue weighted by atomic mass is 10.1. The first-order chi connectivity index (χ1) is 16.2. The molecule has 0 N–H and O–H groups in total. The molecule has 4 aromatic rings. The van der Waals surface area contributed by atoms with Gasteiger partial charge >= 0.3 is 0 Å². The van der Waals surface area contributed by atoms with Crippen LogP contribution in [0.15, 0.2) is 66.9 Å². The monoisotopic (exact) mass is 440 g/mol. The minimum Gasteiger partial charge on any atom is -0.355 e. The van der Waals surface area contributed by atoms with Crippen molar-refractivity contribution in [3.63, 3.8) is 0 Å². The van der Waals surface area contributed by atoms with Crippen LogP contribution in [0.5, 0.6) is 0 Å². The molecule has 1 aliphatic rings. The molecule has 0 saturated carbocycles. The van der Waals surface area contributed by atoms with Crippen molar-refractivity contribution in [2.75, 3.05) is 31.1 Å². The molecule has 0 bridgehead atoms. The van der Waals surface area contributed by atoms with Gasteiger partial charge in [-0.05, 0) is 30.0 Å². The zero-order valence-electron chi connectivity index (χ0n) is 19.6. The van der Waals surface area contributed by atoms with Crippen molar-refractivity contribution < 1.29 is 0 Å². The van der Waals surface area contributed by atoms with Crippen molar-refractivity contribution in [1.82, 2.24) is 24.6 Å². The summed E-state index contributed by atoms with van der Waals surface area (Å²) >= 11 is 0. The van der Waals surface area contributed by atoms with Gasteiger partial charge < -0.3 is 4.90 Å². The average molecular weight is 441 g/mol. The highest BCUT2D eigenvalue weighted by Crippen LogP contribution is 2.27. The van der Waals surface area contributed by atoms with Crippen LogP contribution in [0.3, 0.4) is 0 Å². The molecule has 0 amide bonds. The molecule has 0 atom stereocenters. The molecule has 2 aromatic carbocycles. The summed E-state index contributed by atoms with van der Waals surface area (Å²) in [5.41, 5.74) is 3.29. The molecule has 0 aliphatic carbocycles. The number of fused-ring (bicyclic) bond motifs is 1. The van der Waals surface area contributed by atoms with E-state index in [2.05, 4.69) is 66.1 Å². The lowest BCUT2D eigenvalue weighted by molar-refractivity contribution is 0.285. The Hall–Kier alpha value is -3.25. The van der Waals surface area contributed by atoms with E-state index in [-0.39, 0.29) is 0 Å². The van der Waals surface area contributed by atoms with Gasteiger partial charge in [-0.15, -0.1) is 0 Å². The molecule has 3 heterocycles. The first-order valence-electron chi connectivity index (χ1n) is 12.0. The molecule has 0 spiro atoms. The van der Waals surface area contributed by atoms with Crippen LogP contribution in [-0.4, -0.2) is 50.8 Å². The molecule has 1 saturated heterocycles. The van der Waals surface area contributed by atoms with E-state index >= 15 is 0 Å². The molecule has 6 heteroatoms. The Morgan fingerprint density at radius 1 is 0.848 bits per heavy atom. The number of anilines is 1. The molecule has 1 aliphatic heterocycles. The Bertz CT molecular complexity index is 1190. The van der Waals surface area contributed by atoms with Gasteiger partial charge in [-0.2, -0.15) is 5.10 Å². The quantitative estimate of drug-likeness (QED) is 0.434. The highest BCUT2D eigenvalue weighted by Gasteiger charge is 2.22. The third kappa shape index (κ3) is 4.91. The van der Waals surface area contributed by atoms with Gasteiger partial charge in [-0.1, -0.05) is 62.4 Å². The van der Waals surface area contributed by atoms with Crippen LogP contribution in [0.1, 0.15) is 31.7 Å². The first-order valence-corrected chi connectivity index (χ1v) is 12.0. The van der Waals surface area contributed by atoms with E-state index in [1.165, 1.54) is 5.56 Å². The largest absolute Gasteiger partial charge is 0.355 e. The number of nitrogens with zero attached hydrogens (tertiary/aromatic N) is 6. The van der Waals surface area contributed by atoms with E-state index in [4.69, 9.17) is 15.1 Å². The van der Waals surface area contributed by atoms with Crippen molar-refractivity contribution in [2.24, 2.45) is 5.92 Å². The lowest BCUT2D eigenvalue weighted by Gasteiger charge is -2.24. The predicted molar refractivity (Wildman–Crippen MR) is 134 cm³/mol.